The molecular formula is C18H32O6. The fourth-order valence-corrected chi connectivity index (χ4v) is 1.89. The summed E-state index contributed by atoms with van der Waals surface area (Å²) in [5.41, 5.74) is -0.555. The molecule has 0 aromatic rings. The summed E-state index contributed by atoms with van der Waals surface area (Å²) in [6.45, 7) is 11.6. The topological polar surface area (TPSA) is 82.1 Å². The number of carbonyl (C=O) groups is 2. The van der Waals surface area contributed by atoms with Gasteiger partial charge in [0.05, 0.1) is 0 Å². The Labute approximate surface area is 145 Å². The lowest BCUT2D eigenvalue weighted by Crippen LogP contribution is -2.31. The molecule has 1 atom stereocenters. The Hall–Kier alpha value is -1.40. The second kappa shape index (κ2) is 11.2. The van der Waals surface area contributed by atoms with Crippen LogP contribution in [0.5, 0.6) is 0 Å². The number of hydrogen-bond acceptors (Lipinski definition) is 5. The van der Waals surface area contributed by atoms with Crippen molar-refractivity contribution in [3.05, 3.63) is 11.6 Å². The Morgan fingerprint density at radius 2 is 1.83 bits per heavy atom. The molecule has 140 valence electrons. The molecule has 0 amide bonds. The van der Waals surface area contributed by atoms with Gasteiger partial charge in [0, 0.05) is 11.6 Å². The van der Waals surface area contributed by atoms with Crippen LogP contribution >= 0.6 is 0 Å². The Morgan fingerprint density at radius 3 is 2.29 bits per heavy atom. The van der Waals surface area contributed by atoms with Crippen LogP contribution in [-0.4, -0.2) is 22.6 Å². The molecule has 0 aliphatic heterocycles. The SMILES string of the molecule is CCCCC(CC)CC(=CC(=O)O)C(=O)OOOC(C)(C)C(C)C. The zero-order valence-corrected chi connectivity index (χ0v) is 15.8. The Bertz CT molecular complexity index is 425. The van der Waals surface area contributed by atoms with Crippen molar-refractivity contribution < 1.29 is 29.5 Å². The van der Waals surface area contributed by atoms with Crippen molar-refractivity contribution in [1.82, 2.24) is 0 Å². The van der Waals surface area contributed by atoms with Crippen LogP contribution in [0.1, 0.15) is 73.6 Å². The zero-order chi connectivity index (χ0) is 18.8. The van der Waals surface area contributed by atoms with E-state index in [9.17, 15) is 9.59 Å². The van der Waals surface area contributed by atoms with Crippen LogP contribution in [0.3, 0.4) is 0 Å². The lowest BCUT2D eigenvalue weighted by Gasteiger charge is -2.26. The maximum Gasteiger partial charge on any atom is 0.372 e. The predicted molar refractivity (Wildman–Crippen MR) is 90.8 cm³/mol. The van der Waals surface area contributed by atoms with Gasteiger partial charge in [0.2, 0.25) is 0 Å². The van der Waals surface area contributed by atoms with Gasteiger partial charge in [-0.1, -0.05) is 53.4 Å². The van der Waals surface area contributed by atoms with E-state index in [-0.39, 0.29) is 17.4 Å². The van der Waals surface area contributed by atoms with Gasteiger partial charge in [0.15, 0.2) is 0 Å². The standard InChI is InChI=1S/C18H32O6/c1-7-9-10-14(8-2)11-15(12-16(19)20)17(21)22-24-23-18(5,6)13(3)4/h12-14H,7-11H2,1-6H3,(H,19,20). The third-order valence-corrected chi connectivity index (χ3v) is 4.36. The van der Waals surface area contributed by atoms with Crippen molar-refractivity contribution in [2.45, 2.75) is 79.2 Å². The zero-order valence-electron chi connectivity index (χ0n) is 15.8. The molecule has 0 aromatic heterocycles. The minimum atomic E-state index is -1.18. The summed E-state index contributed by atoms with van der Waals surface area (Å²) >= 11 is 0. The summed E-state index contributed by atoms with van der Waals surface area (Å²) in [5, 5.41) is 13.6. The maximum atomic E-state index is 12.1. The van der Waals surface area contributed by atoms with E-state index in [0.717, 1.165) is 31.8 Å². The van der Waals surface area contributed by atoms with Crippen molar-refractivity contribution in [1.29, 1.82) is 0 Å². The molecule has 0 radical (unpaired) electrons. The van der Waals surface area contributed by atoms with Crippen LogP contribution in [-0.2, 0) is 24.4 Å². The molecule has 0 heterocycles. The van der Waals surface area contributed by atoms with Gasteiger partial charge in [-0.3, -0.25) is 4.89 Å². The van der Waals surface area contributed by atoms with E-state index in [2.05, 4.69) is 16.8 Å². The van der Waals surface area contributed by atoms with Gasteiger partial charge in [-0.05, 0) is 37.1 Å². The molecule has 0 saturated carbocycles. The van der Waals surface area contributed by atoms with Crippen molar-refractivity contribution in [3.63, 3.8) is 0 Å². The van der Waals surface area contributed by atoms with E-state index in [0.29, 0.717) is 6.42 Å². The molecule has 0 rings (SSSR count). The Balaban J connectivity index is 4.76. The third-order valence-electron chi connectivity index (χ3n) is 4.36. The van der Waals surface area contributed by atoms with Crippen LogP contribution in [0.15, 0.2) is 11.6 Å². The van der Waals surface area contributed by atoms with Crippen LogP contribution < -0.4 is 0 Å². The minimum Gasteiger partial charge on any atom is -0.478 e. The van der Waals surface area contributed by atoms with Crippen LogP contribution in [0.25, 0.3) is 0 Å². The smallest absolute Gasteiger partial charge is 0.372 e. The lowest BCUT2D eigenvalue weighted by molar-refractivity contribution is -0.519. The second-order valence-corrected chi connectivity index (χ2v) is 6.91. The largest absolute Gasteiger partial charge is 0.478 e. The van der Waals surface area contributed by atoms with Gasteiger partial charge in [-0.15, -0.1) is 0 Å². The molecule has 6 heteroatoms. The lowest BCUT2D eigenvalue weighted by atomic mass is 9.91. The molecule has 24 heavy (non-hydrogen) atoms. The monoisotopic (exact) mass is 344 g/mol. The first kappa shape index (κ1) is 22.6. The number of aliphatic carboxylic acids is 1. The molecule has 1 N–H and O–H groups in total. The first-order valence-corrected chi connectivity index (χ1v) is 8.64. The Morgan fingerprint density at radius 1 is 1.21 bits per heavy atom. The van der Waals surface area contributed by atoms with Crippen LogP contribution in [0.4, 0.5) is 0 Å². The highest BCUT2D eigenvalue weighted by Crippen LogP contribution is 2.23. The van der Waals surface area contributed by atoms with E-state index in [1.165, 1.54) is 0 Å². The van der Waals surface area contributed by atoms with Gasteiger partial charge in [-0.25, -0.2) is 9.59 Å². The first-order valence-electron chi connectivity index (χ1n) is 8.64. The number of hydrogen-bond donors (Lipinski definition) is 1. The Kier molecular flexibility index (Phi) is 10.6. The first-order chi connectivity index (χ1) is 11.1. The summed E-state index contributed by atoms with van der Waals surface area (Å²) < 4.78 is 0. The molecule has 1 unspecified atom stereocenters. The summed E-state index contributed by atoms with van der Waals surface area (Å²) in [4.78, 5) is 32.8. The van der Waals surface area contributed by atoms with E-state index in [1.807, 2.05) is 20.8 Å². The number of carboxylic acid groups (broad SMARTS) is 1. The second-order valence-electron chi connectivity index (χ2n) is 6.91. The van der Waals surface area contributed by atoms with Crippen LogP contribution in [0, 0.1) is 11.8 Å². The number of carboxylic acids is 1. The third kappa shape index (κ3) is 9.03. The molecule has 0 fully saturated rings. The van der Waals surface area contributed by atoms with Crippen molar-refractivity contribution in [3.8, 4) is 0 Å². The van der Waals surface area contributed by atoms with Gasteiger partial charge in [0.1, 0.15) is 5.60 Å². The summed E-state index contributed by atoms with van der Waals surface area (Å²) in [7, 11) is 0. The minimum absolute atomic E-state index is 0.0800. The average Bonchev–Trinajstić information content (AvgIpc) is 2.49. The summed E-state index contributed by atoms with van der Waals surface area (Å²) in [6.07, 6.45) is 5.12. The van der Waals surface area contributed by atoms with Crippen molar-refractivity contribution >= 4 is 11.9 Å². The van der Waals surface area contributed by atoms with E-state index in [1.54, 1.807) is 13.8 Å². The molecular weight excluding hydrogens is 312 g/mol. The molecule has 0 spiro atoms. The normalized spacial score (nSPS) is 13.9. The summed E-state index contributed by atoms with van der Waals surface area (Å²) in [6, 6.07) is 0. The van der Waals surface area contributed by atoms with E-state index >= 15 is 0 Å². The van der Waals surface area contributed by atoms with Gasteiger partial charge < -0.3 is 5.11 Å². The van der Waals surface area contributed by atoms with Gasteiger partial charge in [0.25, 0.3) is 0 Å². The number of rotatable bonds is 12. The maximum absolute atomic E-state index is 12.1. The number of unbranched alkanes of at least 4 members (excludes halogenated alkanes) is 1. The van der Waals surface area contributed by atoms with Gasteiger partial charge >= 0.3 is 11.9 Å². The quantitative estimate of drug-likeness (QED) is 0.320. The summed E-state index contributed by atoms with van der Waals surface area (Å²) in [5.74, 6) is -1.64. The molecule has 0 aromatic carbocycles. The molecule has 0 aliphatic carbocycles. The number of carbonyl (C=O) groups excluding carboxylic acids is 1. The molecule has 0 saturated heterocycles. The fraction of sp³-hybridized carbons (Fsp3) is 0.778. The van der Waals surface area contributed by atoms with Crippen molar-refractivity contribution in [2.24, 2.45) is 11.8 Å². The van der Waals surface area contributed by atoms with E-state index < -0.39 is 17.5 Å². The molecule has 0 bridgehead atoms. The highest BCUT2D eigenvalue weighted by molar-refractivity contribution is 5.95. The van der Waals surface area contributed by atoms with Gasteiger partial charge in [-0.2, -0.15) is 4.89 Å². The van der Waals surface area contributed by atoms with E-state index in [4.69, 9.17) is 9.99 Å². The van der Waals surface area contributed by atoms with Crippen molar-refractivity contribution in [2.75, 3.05) is 0 Å². The fourth-order valence-electron chi connectivity index (χ4n) is 1.89. The predicted octanol–water partition coefficient (Wildman–Crippen LogP) is 4.44. The molecule has 0 aliphatic rings. The van der Waals surface area contributed by atoms with Crippen LogP contribution in [0.2, 0.25) is 0 Å². The highest BCUT2D eigenvalue weighted by atomic mass is 17.5. The average molecular weight is 344 g/mol. The molecule has 6 nitrogen and oxygen atoms in total. The highest BCUT2D eigenvalue weighted by Gasteiger charge is 2.26.